The summed E-state index contributed by atoms with van der Waals surface area (Å²) in [5, 5.41) is 26.7. The molecule has 0 radical (unpaired) electrons. The summed E-state index contributed by atoms with van der Waals surface area (Å²) in [4.78, 5) is 29.4. The maximum Gasteiger partial charge on any atom is 0.472 e. The number of aromatic nitrogens is 3. The van der Waals surface area contributed by atoms with Crippen molar-refractivity contribution in [2.45, 2.75) is 152 Å². The number of aliphatic hydroxyl groups is 2. The number of amides is 1. The number of phosphoric ester groups is 1. The molecule has 2 aromatic heterocycles. The normalized spacial score (nSPS) is 24.2. The van der Waals surface area contributed by atoms with E-state index in [1.165, 1.54) is 118 Å². The molecule has 5 N–H and O–H groups in total. The monoisotopic (exact) mass is 853 g/mol. The highest BCUT2D eigenvalue weighted by molar-refractivity contribution is 7.47. The molecule has 3 aromatic rings. The molecular weight excluding hydrogens is 792 g/mol. The van der Waals surface area contributed by atoms with Crippen LogP contribution in [-0.2, 0) is 28.7 Å². The van der Waals surface area contributed by atoms with Gasteiger partial charge in [0.25, 0.3) is 5.91 Å². The minimum Gasteiger partial charge on any atom is -0.386 e. The summed E-state index contributed by atoms with van der Waals surface area (Å²) in [5.41, 5.74) is 3.39. The summed E-state index contributed by atoms with van der Waals surface area (Å²) in [6.45, 7) is 3.69. The van der Waals surface area contributed by atoms with Gasteiger partial charge >= 0.3 is 7.82 Å². The Bertz CT molecular complexity index is 1840. The summed E-state index contributed by atoms with van der Waals surface area (Å²) in [7, 11) is -3.43. The van der Waals surface area contributed by atoms with Gasteiger partial charge in [-0.15, -0.1) is 0 Å². The molecule has 1 aliphatic heterocycles. The largest absolute Gasteiger partial charge is 0.472 e. The number of carbonyl (C=O) groups is 1. The fourth-order valence-electron chi connectivity index (χ4n) is 7.83. The SMILES string of the molecule is CCCCCCCCCCCCCCCCCCOC[C@H](COP(=O)(O)OC1[C@H]2O[C@@](C)(c3ccc4c(N)ncnn34)[C@H](O)[C@@]12O)N(C)C(=O)c1ccc(F)c(Cl)c1. The molecule has 5 rings (SSSR count). The molecule has 2 aliphatic rings. The second-order valence-corrected chi connectivity index (χ2v) is 17.8. The molecule has 0 spiro atoms. The zero-order valence-electron chi connectivity index (χ0n) is 34.1. The first-order valence-electron chi connectivity index (χ1n) is 20.9. The number of nitrogens with zero attached hydrogens (tertiary/aromatic N) is 4. The zero-order valence-corrected chi connectivity index (χ0v) is 35.7. The van der Waals surface area contributed by atoms with Crippen LogP contribution in [0.25, 0.3) is 5.52 Å². The fourth-order valence-corrected chi connectivity index (χ4v) is 9.00. The smallest absolute Gasteiger partial charge is 0.386 e. The molecule has 2 fully saturated rings. The van der Waals surface area contributed by atoms with E-state index in [1.54, 1.807) is 19.1 Å². The summed E-state index contributed by atoms with van der Waals surface area (Å²) < 4.78 is 51.2. The van der Waals surface area contributed by atoms with Crippen LogP contribution >= 0.6 is 19.4 Å². The first-order chi connectivity index (χ1) is 27.7. The number of fused-ring (bicyclic) bond motifs is 2. The Kier molecular flexibility index (Phi) is 16.9. The van der Waals surface area contributed by atoms with Crippen LogP contribution in [0.1, 0.15) is 133 Å². The van der Waals surface area contributed by atoms with Crippen LogP contribution in [0.3, 0.4) is 0 Å². The number of ether oxygens (including phenoxy) is 2. The van der Waals surface area contributed by atoms with Crippen molar-refractivity contribution in [3.63, 3.8) is 0 Å². The van der Waals surface area contributed by atoms with Crippen molar-refractivity contribution in [2.24, 2.45) is 0 Å². The predicted octanol–water partition coefficient (Wildman–Crippen LogP) is 7.74. The third-order valence-electron chi connectivity index (χ3n) is 11.6. The molecule has 324 valence electrons. The standard InChI is InChI=1S/C41H62ClFN5O9P/c1-4-5-6-7-8-9-10-11-12-13-14-15-16-17-18-19-24-54-26-30(47(3)38(49)29-20-21-32(43)31(42)25-29)27-55-58(52,53)57-36-35-41(36,51)39(50)40(2,56-35)34-23-22-33-37(44)45-28-46-48(33)34/h20-23,25,28,30,35-36,39,50-51H,4-19,24,26-27H2,1-3H3,(H,52,53)(H2,44,45,46)/t30-,35-,36?,39+,40+,41+/m1/s1. The van der Waals surface area contributed by atoms with Crippen molar-refractivity contribution in [1.82, 2.24) is 19.5 Å². The van der Waals surface area contributed by atoms with Gasteiger partial charge in [-0.25, -0.2) is 18.5 Å². The fraction of sp³-hybridized carbons (Fsp3) is 0.683. The molecule has 17 heteroatoms. The molecule has 1 aliphatic carbocycles. The van der Waals surface area contributed by atoms with Gasteiger partial charge in [-0.3, -0.25) is 13.8 Å². The number of halogens is 2. The quantitative estimate of drug-likeness (QED) is 0.0432. The Morgan fingerprint density at radius 3 is 2.19 bits per heavy atom. The van der Waals surface area contributed by atoms with Crippen LogP contribution in [0, 0.1) is 5.82 Å². The van der Waals surface area contributed by atoms with Crippen LogP contribution in [0.2, 0.25) is 5.02 Å². The highest BCUT2D eigenvalue weighted by Crippen LogP contribution is 2.63. The minimum absolute atomic E-state index is 0.0363. The van der Waals surface area contributed by atoms with E-state index in [2.05, 4.69) is 17.0 Å². The first kappa shape index (κ1) is 46.3. The Labute approximate surface area is 346 Å². The molecule has 1 aromatic carbocycles. The van der Waals surface area contributed by atoms with E-state index in [9.17, 15) is 28.9 Å². The summed E-state index contributed by atoms with van der Waals surface area (Å²) in [6, 6.07) is 5.99. The van der Waals surface area contributed by atoms with E-state index >= 15 is 0 Å². The lowest BCUT2D eigenvalue weighted by Crippen LogP contribution is -2.46. The number of benzene rings is 1. The van der Waals surface area contributed by atoms with Gasteiger partial charge in [0.05, 0.1) is 30.0 Å². The molecule has 2 unspecified atom stereocenters. The Hall–Kier alpha value is -2.72. The number of rotatable bonds is 27. The molecule has 1 saturated heterocycles. The number of aliphatic hydroxyl groups excluding tert-OH is 1. The Morgan fingerprint density at radius 2 is 1.62 bits per heavy atom. The lowest BCUT2D eigenvalue weighted by molar-refractivity contribution is -0.126. The van der Waals surface area contributed by atoms with Gasteiger partial charge in [0, 0.05) is 19.2 Å². The number of nitrogen functional groups attached to an aromatic ring is 1. The van der Waals surface area contributed by atoms with Gasteiger partial charge in [0.1, 0.15) is 41.6 Å². The molecule has 0 bridgehead atoms. The first-order valence-corrected chi connectivity index (χ1v) is 22.7. The minimum atomic E-state index is -4.90. The number of hydrogen-bond donors (Lipinski definition) is 4. The number of phosphoric acid groups is 1. The Balaban J connectivity index is 1.06. The van der Waals surface area contributed by atoms with E-state index in [-0.39, 0.29) is 23.0 Å². The molecule has 1 amide bonds. The average molecular weight is 854 g/mol. The van der Waals surface area contributed by atoms with E-state index in [0.29, 0.717) is 17.8 Å². The van der Waals surface area contributed by atoms with E-state index in [1.807, 2.05) is 0 Å². The number of unbranched alkanes of at least 4 members (excludes halogenated alkanes) is 15. The maximum absolute atomic E-state index is 13.8. The van der Waals surface area contributed by atoms with Crippen LogP contribution < -0.4 is 5.73 Å². The molecule has 1 saturated carbocycles. The van der Waals surface area contributed by atoms with Gasteiger partial charge < -0.3 is 35.2 Å². The highest BCUT2D eigenvalue weighted by Gasteiger charge is 2.82. The van der Waals surface area contributed by atoms with Crippen LogP contribution in [0.15, 0.2) is 36.7 Å². The van der Waals surface area contributed by atoms with Crippen molar-refractivity contribution in [1.29, 1.82) is 0 Å². The lowest BCUT2D eigenvalue weighted by atomic mass is 9.91. The predicted molar refractivity (Wildman–Crippen MR) is 219 cm³/mol. The van der Waals surface area contributed by atoms with Crippen molar-refractivity contribution >= 4 is 36.7 Å². The molecule has 14 nitrogen and oxygen atoms in total. The van der Waals surface area contributed by atoms with Gasteiger partial charge in [-0.1, -0.05) is 115 Å². The van der Waals surface area contributed by atoms with Crippen molar-refractivity contribution in [2.75, 3.05) is 32.6 Å². The number of likely N-dealkylation sites (N-methyl/N-ethyl adjacent to an activating group) is 1. The zero-order chi connectivity index (χ0) is 41.9. The number of nitrogens with two attached hydrogens (primary N) is 1. The van der Waals surface area contributed by atoms with Crippen molar-refractivity contribution in [3.8, 4) is 0 Å². The summed E-state index contributed by atoms with van der Waals surface area (Å²) in [6.07, 6.45) is 17.1. The van der Waals surface area contributed by atoms with E-state index < -0.39 is 61.7 Å². The second-order valence-electron chi connectivity index (χ2n) is 16.0. The number of hydrogen-bond acceptors (Lipinski definition) is 11. The van der Waals surface area contributed by atoms with Crippen molar-refractivity contribution in [3.05, 3.63) is 58.8 Å². The van der Waals surface area contributed by atoms with Crippen molar-refractivity contribution < 1.29 is 47.4 Å². The molecular formula is C41H62ClFN5O9P. The Morgan fingerprint density at radius 1 is 1.02 bits per heavy atom. The molecule has 3 heterocycles. The summed E-state index contributed by atoms with van der Waals surface area (Å²) >= 11 is 5.93. The van der Waals surface area contributed by atoms with E-state index in [0.717, 1.165) is 25.3 Å². The van der Waals surface area contributed by atoms with Gasteiger partial charge in [0.2, 0.25) is 0 Å². The average Bonchev–Trinajstić information content (AvgIpc) is 3.44. The summed E-state index contributed by atoms with van der Waals surface area (Å²) in [5.74, 6) is -1.01. The molecule has 58 heavy (non-hydrogen) atoms. The second kappa shape index (κ2) is 21.2. The number of anilines is 1. The highest BCUT2D eigenvalue weighted by atomic mass is 35.5. The van der Waals surface area contributed by atoms with Gasteiger partial charge in [-0.2, -0.15) is 5.10 Å². The van der Waals surface area contributed by atoms with Crippen LogP contribution in [-0.4, -0.2) is 97.3 Å². The lowest BCUT2D eigenvalue weighted by Gasteiger charge is -2.32. The van der Waals surface area contributed by atoms with Crippen LogP contribution in [0.4, 0.5) is 10.2 Å². The maximum atomic E-state index is 13.8. The van der Waals surface area contributed by atoms with Crippen LogP contribution in [0.5, 0.6) is 0 Å². The third-order valence-corrected chi connectivity index (χ3v) is 12.8. The van der Waals surface area contributed by atoms with E-state index in [4.69, 9.17) is 35.9 Å². The third kappa shape index (κ3) is 11.3. The molecule has 7 atom stereocenters. The topological polar surface area (TPSA) is 191 Å². The van der Waals surface area contributed by atoms with Gasteiger partial charge in [0.15, 0.2) is 11.4 Å². The van der Waals surface area contributed by atoms with Gasteiger partial charge in [-0.05, 0) is 43.7 Å². The number of carbonyl (C=O) groups excluding carboxylic acids is 1.